The van der Waals surface area contributed by atoms with Crippen LogP contribution in [0.4, 0.5) is 5.69 Å². The van der Waals surface area contributed by atoms with Gasteiger partial charge in [0.2, 0.25) is 5.91 Å². The van der Waals surface area contributed by atoms with Gasteiger partial charge in [0.1, 0.15) is 6.04 Å². The number of aryl methyl sites for hydroxylation is 2. The minimum absolute atomic E-state index is 0.278. The molecule has 3 N–H and O–H groups in total. The fourth-order valence-electron chi connectivity index (χ4n) is 1.88. The summed E-state index contributed by atoms with van der Waals surface area (Å²) in [5.41, 5.74) is 9.43. The number of nitrogens with one attached hydrogen (secondary N) is 1. The van der Waals surface area contributed by atoms with E-state index in [2.05, 4.69) is 21.2 Å². The van der Waals surface area contributed by atoms with Crippen molar-refractivity contribution in [3.05, 3.63) is 62.6 Å². The van der Waals surface area contributed by atoms with Crippen LogP contribution in [0.1, 0.15) is 22.7 Å². The van der Waals surface area contributed by atoms with Crippen molar-refractivity contribution in [3.8, 4) is 0 Å². The lowest BCUT2D eigenvalue weighted by Gasteiger charge is -2.14. The number of carbonyl (C=O) groups excluding carboxylic acids is 1. The van der Waals surface area contributed by atoms with Crippen LogP contribution in [-0.2, 0) is 4.79 Å². The Morgan fingerprint density at radius 3 is 2.48 bits per heavy atom. The van der Waals surface area contributed by atoms with E-state index in [1.807, 2.05) is 44.2 Å². The summed E-state index contributed by atoms with van der Waals surface area (Å²) in [6, 6.07) is 10.4. The normalized spacial score (nSPS) is 12.0. The Hall–Kier alpha value is -1.36. The molecule has 110 valence electrons. The SMILES string of the molecule is Cc1ccc(C(N)C(=O)Nc2cc(Cl)c(C)cc2Br)cc1. The fourth-order valence-corrected chi connectivity index (χ4v) is 2.60. The Morgan fingerprint density at radius 1 is 1.24 bits per heavy atom. The van der Waals surface area contributed by atoms with E-state index in [1.54, 1.807) is 6.07 Å². The largest absolute Gasteiger partial charge is 0.323 e. The summed E-state index contributed by atoms with van der Waals surface area (Å²) in [7, 11) is 0. The van der Waals surface area contributed by atoms with Crippen LogP contribution in [0.25, 0.3) is 0 Å². The smallest absolute Gasteiger partial charge is 0.245 e. The number of halogens is 2. The lowest BCUT2D eigenvalue weighted by atomic mass is 10.1. The first-order valence-corrected chi connectivity index (χ1v) is 7.64. The molecule has 3 nitrogen and oxygen atoms in total. The highest BCUT2D eigenvalue weighted by molar-refractivity contribution is 9.10. The van der Waals surface area contributed by atoms with Crippen LogP contribution in [0.2, 0.25) is 5.02 Å². The first-order valence-electron chi connectivity index (χ1n) is 6.47. The van der Waals surface area contributed by atoms with Gasteiger partial charge in [-0.05, 0) is 53.0 Å². The molecule has 1 unspecified atom stereocenters. The van der Waals surface area contributed by atoms with Gasteiger partial charge in [-0.25, -0.2) is 0 Å². The van der Waals surface area contributed by atoms with Crippen LogP contribution in [0.15, 0.2) is 40.9 Å². The third-order valence-corrected chi connectivity index (χ3v) is 4.29. The van der Waals surface area contributed by atoms with E-state index >= 15 is 0 Å². The fraction of sp³-hybridized carbons (Fsp3) is 0.188. The van der Waals surface area contributed by atoms with Gasteiger partial charge < -0.3 is 11.1 Å². The molecule has 0 aromatic heterocycles. The van der Waals surface area contributed by atoms with E-state index < -0.39 is 6.04 Å². The van der Waals surface area contributed by atoms with Crippen molar-refractivity contribution in [3.63, 3.8) is 0 Å². The molecule has 2 rings (SSSR count). The molecule has 21 heavy (non-hydrogen) atoms. The van der Waals surface area contributed by atoms with E-state index in [0.29, 0.717) is 10.7 Å². The zero-order valence-corrected chi connectivity index (χ0v) is 14.1. The first kappa shape index (κ1) is 16.0. The van der Waals surface area contributed by atoms with Crippen molar-refractivity contribution in [2.75, 3.05) is 5.32 Å². The van der Waals surface area contributed by atoms with Gasteiger partial charge in [-0.15, -0.1) is 0 Å². The Balaban J connectivity index is 2.18. The second-order valence-electron chi connectivity index (χ2n) is 4.96. The summed E-state index contributed by atoms with van der Waals surface area (Å²) in [5, 5.41) is 3.39. The maximum Gasteiger partial charge on any atom is 0.245 e. The van der Waals surface area contributed by atoms with E-state index in [9.17, 15) is 4.79 Å². The standard InChI is InChI=1S/C16H16BrClN2O/c1-9-3-5-11(6-4-9)15(19)16(21)20-14-8-13(18)10(2)7-12(14)17/h3-8,15H,19H2,1-2H3,(H,20,21). The molecule has 0 aliphatic carbocycles. The summed E-state index contributed by atoms with van der Waals surface area (Å²) in [6.45, 7) is 3.89. The lowest BCUT2D eigenvalue weighted by Crippen LogP contribution is -2.27. The number of carbonyl (C=O) groups is 1. The van der Waals surface area contributed by atoms with Gasteiger partial charge in [0.25, 0.3) is 0 Å². The Morgan fingerprint density at radius 2 is 1.86 bits per heavy atom. The summed E-state index contributed by atoms with van der Waals surface area (Å²) >= 11 is 9.49. The van der Waals surface area contributed by atoms with Crippen molar-refractivity contribution in [2.45, 2.75) is 19.9 Å². The Bertz CT molecular complexity index is 671. The number of hydrogen-bond donors (Lipinski definition) is 2. The van der Waals surface area contributed by atoms with Gasteiger partial charge in [0, 0.05) is 9.50 Å². The number of rotatable bonds is 3. The second kappa shape index (κ2) is 6.60. The number of amides is 1. The predicted molar refractivity (Wildman–Crippen MR) is 90.6 cm³/mol. The molecule has 0 bridgehead atoms. The molecule has 1 atom stereocenters. The third kappa shape index (κ3) is 3.84. The van der Waals surface area contributed by atoms with Crippen molar-refractivity contribution in [1.82, 2.24) is 0 Å². The van der Waals surface area contributed by atoms with Crippen molar-refractivity contribution >= 4 is 39.1 Å². The summed E-state index contributed by atoms with van der Waals surface area (Å²) < 4.78 is 0.772. The quantitative estimate of drug-likeness (QED) is 0.847. The van der Waals surface area contributed by atoms with Gasteiger partial charge in [-0.2, -0.15) is 0 Å². The van der Waals surface area contributed by atoms with E-state index in [-0.39, 0.29) is 5.91 Å². The molecule has 2 aromatic rings. The van der Waals surface area contributed by atoms with Gasteiger partial charge in [-0.3, -0.25) is 4.79 Å². The number of hydrogen-bond acceptors (Lipinski definition) is 2. The van der Waals surface area contributed by atoms with Crippen LogP contribution in [0, 0.1) is 13.8 Å². The lowest BCUT2D eigenvalue weighted by molar-refractivity contribution is -0.117. The molecule has 2 aromatic carbocycles. The van der Waals surface area contributed by atoms with Crippen LogP contribution in [0.3, 0.4) is 0 Å². The number of benzene rings is 2. The minimum atomic E-state index is -0.724. The van der Waals surface area contributed by atoms with Crippen LogP contribution in [-0.4, -0.2) is 5.91 Å². The highest BCUT2D eigenvalue weighted by Crippen LogP contribution is 2.29. The number of anilines is 1. The maximum absolute atomic E-state index is 12.2. The van der Waals surface area contributed by atoms with Crippen molar-refractivity contribution in [2.24, 2.45) is 5.73 Å². The monoisotopic (exact) mass is 366 g/mol. The molecule has 0 radical (unpaired) electrons. The second-order valence-corrected chi connectivity index (χ2v) is 6.22. The molecular weight excluding hydrogens is 352 g/mol. The highest BCUT2D eigenvalue weighted by Gasteiger charge is 2.17. The van der Waals surface area contributed by atoms with Gasteiger partial charge >= 0.3 is 0 Å². The van der Waals surface area contributed by atoms with Crippen LogP contribution < -0.4 is 11.1 Å². The molecule has 0 aliphatic heterocycles. The Kier molecular flexibility index (Phi) is 5.04. The van der Waals surface area contributed by atoms with Gasteiger partial charge in [0.05, 0.1) is 5.69 Å². The highest BCUT2D eigenvalue weighted by atomic mass is 79.9. The molecule has 0 saturated carbocycles. The van der Waals surface area contributed by atoms with E-state index in [1.165, 1.54) is 0 Å². The first-order chi connectivity index (χ1) is 9.88. The molecule has 0 fully saturated rings. The zero-order valence-electron chi connectivity index (χ0n) is 11.8. The van der Waals surface area contributed by atoms with Gasteiger partial charge in [0.15, 0.2) is 0 Å². The third-order valence-electron chi connectivity index (χ3n) is 3.23. The molecule has 0 heterocycles. The molecule has 0 spiro atoms. The summed E-state index contributed by atoms with van der Waals surface area (Å²) in [4.78, 5) is 12.2. The number of nitrogens with two attached hydrogens (primary N) is 1. The molecule has 5 heteroatoms. The van der Waals surface area contributed by atoms with Crippen molar-refractivity contribution in [1.29, 1.82) is 0 Å². The molecule has 0 aliphatic rings. The minimum Gasteiger partial charge on any atom is -0.323 e. The van der Waals surface area contributed by atoms with Crippen molar-refractivity contribution < 1.29 is 4.79 Å². The average molecular weight is 368 g/mol. The zero-order chi connectivity index (χ0) is 15.6. The van der Waals surface area contributed by atoms with Crippen LogP contribution >= 0.6 is 27.5 Å². The molecule has 1 amide bonds. The van der Waals surface area contributed by atoms with E-state index in [0.717, 1.165) is 21.2 Å². The van der Waals surface area contributed by atoms with Gasteiger partial charge in [-0.1, -0.05) is 41.4 Å². The average Bonchev–Trinajstić information content (AvgIpc) is 2.44. The predicted octanol–water partition coefficient (Wildman–Crippen LogP) is 4.36. The summed E-state index contributed by atoms with van der Waals surface area (Å²) in [6.07, 6.45) is 0. The van der Waals surface area contributed by atoms with E-state index in [4.69, 9.17) is 17.3 Å². The maximum atomic E-state index is 12.2. The molecule has 0 saturated heterocycles. The topological polar surface area (TPSA) is 55.1 Å². The van der Waals surface area contributed by atoms with Crippen LogP contribution in [0.5, 0.6) is 0 Å². The molecular formula is C16H16BrClN2O. The summed E-state index contributed by atoms with van der Waals surface area (Å²) in [5.74, 6) is -0.278. The Labute approximate surface area is 137 Å².